The molecule has 1 aliphatic rings. The van der Waals surface area contributed by atoms with Crippen molar-refractivity contribution in [2.75, 3.05) is 39.9 Å². The van der Waals surface area contributed by atoms with Crippen LogP contribution in [0, 0.1) is 5.92 Å². The molecule has 0 aromatic heterocycles. The average Bonchev–Trinajstić information content (AvgIpc) is 2.37. The number of piperidine rings is 1. The molecular formula is C13H22N2O4. The molecule has 0 aliphatic carbocycles. The number of hydrogen-bond acceptors (Lipinski definition) is 3. The lowest BCUT2D eigenvalue weighted by Gasteiger charge is -2.35. The number of urea groups is 1. The molecule has 6 nitrogen and oxygen atoms in total. The van der Waals surface area contributed by atoms with Crippen LogP contribution in [-0.2, 0) is 9.53 Å². The molecule has 0 bridgehead atoms. The highest BCUT2D eigenvalue weighted by Crippen LogP contribution is 2.18. The molecule has 2 amide bonds. The first-order chi connectivity index (χ1) is 9.08. The summed E-state index contributed by atoms with van der Waals surface area (Å²) in [6.07, 6.45) is 3.50. The van der Waals surface area contributed by atoms with Gasteiger partial charge in [-0.3, -0.25) is 4.79 Å². The number of rotatable bonds is 6. The molecule has 0 aromatic carbocycles. The number of hydrogen-bond donors (Lipinski definition) is 1. The zero-order valence-electron chi connectivity index (χ0n) is 11.4. The number of nitrogens with zero attached hydrogens (tertiary/aromatic N) is 2. The largest absolute Gasteiger partial charge is 0.480 e. The van der Waals surface area contributed by atoms with Crippen LogP contribution in [-0.4, -0.2) is 66.8 Å². The van der Waals surface area contributed by atoms with Gasteiger partial charge in [-0.05, 0) is 12.8 Å². The number of amides is 2. The summed E-state index contributed by atoms with van der Waals surface area (Å²) in [5.74, 6) is -0.682. The van der Waals surface area contributed by atoms with Crippen LogP contribution in [0.3, 0.4) is 0 Å². The highest BCUT2D eigenvalue weighted by Gasteiger charge is 2.27. The molecule has 1 unspecified atom stereocenters. The molecule has 1 rings (SSSR count). The molecule has 0 spiro atoms. The molecular weight excluding hydrogens is 248 g/mol. The zero-order chi connectivity index (χ0) is 14.3. The Balaban J connectivity index is 2.61. The van der Waals surface area contributed by atoms with E-state index in [0.717, 1.165) is 12.8 Å². The van der Waals surface area contributed by atoms with E-state index in [4.69, 9.17) is 9.84 Å². The zero-order valence-corrected chi connectivity index (χ0v) is 11.4. The third-order valence-corrected chi connectivity index (χ3v) is 3.14. The van der Waals surface area contributed by atoms with Crippen molar-refractivity contribution in [2.45, 2.75) is 12.8 Å². The van der Waals surface area contributed by atoms with Crippen molar-refractivity contribution in [3.8, 4) is 0 Å². The molecule has 19 heavy (non-hydrogen) atoms. The van der Waals surface area contributed by atoms with Gasteiger partial charge >= 0.3 is 12.0 Å². The van der Waals surface area contributed by atoms with Gasteiger partial charge in [0.1, 0.15) is 6.54 Å². The summed E-state index contributed by atoms with van der Waals surface area (Å²) in [6, 6.07) is -0.233. The van der Waals surface area contributed by atoms with E-state index in [1.165, 1.54) is 11.0 Å². The number of carboxylic acids is 1. The van der Waals surface area contributed by atoms with Crippen LogP contribution in [0.1, 0.15) is 12.8 Å². The summed E-state index contributed by atoms with van der Waals surface area (Å²) >= 11 is 0. The lowest BCUT2D eigenvalue weighted by atomic mass is 9.99. The number of aliphatic carboxylic acids is 1. The second kappa shape index (κ2) is 7.78. The topological polar surface area (TPSA) is 70.1 Å². The lowest BCUT2D eigenvalue weighted by Crippen LogP contribution is -2.49. The summed E-state index contributed by atoms with van der Waals surface area (Å²) in [4.78, 5) is 26.0. The first kappa shape index (κ1) is 15.5. The Bertz CT molecular complexity index is 331. The van der Waals surface area contributed by atoms with E-state index in [1.54, 1.807) is 12.0 Å². The van der Waals surface area contributed by atoms with E-state index in [-0.39, 0.29) is 19.1 Å². The van der Waals surface area contributed by atoms with E-state index < -0.39 is 5.97 Å². The van der Waals surface area contributed by atoms with Crippen molar-refractivity contribution in [1.29, 1.82) is 0 Å². The van der Waals surface area contributed by atoms with Crippen LogP contribution < -0.4 is 0 Å². The van der Waals surface area contributed by atoms with Gasteiger partial charge in [0.05, 0.1) is 6.61 Å². The first-order valence-corrected chi connectivity index (χ1v) is 6.44. The van der Waals surface area contributed by atoms with Crippen molar-refractivity contribution in [1.82, 2.24) is 9.80 Å². The second-order valence-corrected chi connectivity index (χ2v) is 4.76. The third-order valence-electron chi connectivity index (χ3n) is 3.14. The highest BCUT2D eigenvalue weighted by atomic mass is 16.5. The van der Waals surface area contributed by atoms with Crippen LogP contribution in [0.2, 0.25) is 0 Å². The van der Waals surface area contributed by atoms with Gasteiger partial charge in [0.15, 0.2) is 0 Å². The molecule has 6 heteroatoms. The molecule has 108 valence electrons. The molecule has 1 atom stereocenters. The van der Waals surface area contributed by atoms with Crippen LogP contribution in [0.4, 0.5) is 4.79 Å². The van der Waals surface area contributed by atoms with Gasteiger partial charge in [0, 0.05) is 32.7 Å². The number of methoxy groups -OCH3 is 1. The van der Waals surface area contributed by atoms with Gasteiger partial charge in [-0.1, -0.05) is 6.08 Å². The predicted molar refractivity (Wildman–Crippen MR) is 71.0 cm³/mol. The molecule has 0 radical (unpaired) electrons. The maximum absolute atomic E-state index is 12.3. The molecule has 1 aliphatic heterocycles. The quantitative estimate of drug-likeness (QED) is 0.732. The number of ether oxygens (including phenoxy) is 1. The SMILES string of the molecule is C=CCN(CC(=O)O)C(=O)N1CCCC(COC)C1. The van der Waals surface area contributed by atoms with Gasteiger partial charge in [0.2, 0.25) is 0 Å². The van der Waals surface area contributed by atoms with Gasteiger partial charge < -0.3 is 19.6 Å². The van der Waals surface area contributed by atoms with Crippen LogP contribution in [0.15, 0.2) is 12.7 Å². The van der Waals surface area contributed by atoms with Gasteiger partial charge in [-0.2, -0.15) is 0 Å². The minimum absolute atomic E-state index is 0.233. The second-order valence-electron chi connectivity index (χ2n) is 4.76. The van der Waals surface area contributed by atoms with E-state index in [1.807, 2.05) is 0 Å². The van der Waals surface area contributed by atoms with Crippen molar-refractivity contribution in [3.63, 3.8) is 0 Å². The highest BCUT2D eigenvalue weighted by molar-refractivity contribution is 5.80. The normalized spacial score (nSPS) is 19.0. The Kier molecular flexibility index (Phi) is 6.35. The Hall–Kier alpha value is -1.56. The third kappa shape index (κ3) is 4.90. The number of likely N-dealkylation sites (tertiary alicyclic amines) is 1. The van der Waals surface area contributed by atoms with Crippen LogP contribution in [0.5, 0.6) is 0 Å². The van der Waals surface area contributed by atoms with Crippen molar-refractivity contribution in [3.05, 3.63) is 12.7 Å². The average molecular weight is 270 g/mol. The fourth-order valence-corrected chi connectivity index (χ4v) is 2.34. The van der Waals surface area contributed by atoms with Gasteiger partial charge in [0.25, 0.3) is 0 Å². The monoisotopic (exact) mass is 270 g/mol. The lowest BCUT2D eigenvalue weighted by molar-refractivity contribution is -0.137. The molecule has 1 heterocycles. The Labute approximate surface area is 113 Å². The van der Waals surface area contributed by atoms with Gasteiger partial charge in [-0.15, -0.1) is 6.58 Å². The number of carbonyl (C=O) groups excluding carboxylic acids is 1. The molecule has 0 aromatic rings. The summed E-state index contributed by atoms with van der Waals surface area (Å²) in [6.45, 7) is 5.43. The fourth-order valence-electron chi connectivity index (χ4n) is 2.34. The smallest absolute Gasteiger partial charge is 0.323 e. The molecule has 1 fully saturated rings. The number of carboxylic acid groups (broad SMARTS) is 1. The van der Waals surface area contributed by atoms with Gasteiger partial charge in [-0.25, -0.2) is 4.79 Å². The molecule has 1 saturated heterocycles. The van der Waals surface area contributed by atoms with E-state index >= 15 is 0 Å². The van der Waals surface area contributed by atoms with Crippen LogP contribution in [0.25, 0.3) is 0 Å². The van der Waals surface area contributed by atoms with E-state index in [2.05, 4.69) is 6.58 Å². The standard InChI is InChI=1S/C13H22N2O4/c1-3-6-14(9-12(16)17)13(18)15-7-4-5-11(8-15)10-19-2/h3,11H,1,4-10H2,2H3,(H,16,17). The minimum atomic E-state index is -1.01. The Morgan fingerprint density at radius 2 is 2.32 bits per heavy atom. The maximum atomic E-state index is 12.3. The van der Waals surface area contributed by atoms with Crippen molar-refractivity contribution < 1.29 is 19.4 Å². The Morgan fingerprint density at radius 3 is 2.89 bits per heavy atom. The van der Waals surface area contributed by atoms with E-state index in [0.29, 0.717) is 25.6 Å². The summed E-state index contributed by atoms with van der Waals surface area (Å²) in [5, 5.41) is 8.83. The number of carbonyl (C=O) groups is 2. The minimum Gasteiger partial charge on any atom is -0.480 e. The summed E-state index contributed by atoms with van der Waals surface area (Å²) in [5.41, 5.74) is 0. The van der Waals surface area contributed by atoms with E-state index in [9.17, 15) is 9.59 Å². The maximum Gasteiger partial charge on any atom is 0.323 e. The Morgan fingerprint density at radius 1 is 1.58 bits per heavy atom. The molecule has 1 N–H and O–H groups in total. The van der Waals surface area contributed by atoms with Crippen molar-refractivity contribution in [2.24, 2.45) is 5.92 Å². The van der Waals surface area contributed by atoms with Crippen molar-refractivity contribution >= 4 is 12.0 Å². The fraction of sp³-hybridized carbons (Fsp3) is 0.692. The van der Waals surface area contributed by atoms with Crippen LogP contribution >= 0.6 is 0 Å². The first-order valence-electron chi connectivity index (χ1n) is 6.44. The molecule has 0 saturated carbocycles. The summed E-state index contributed by atoms with van der Waals surface area (Å²) in [7, 11) is 1.65. The predicted octanol–water partition coefficient (Wildman–Crippen LogP) is 1.04. The summed E-state index contributed by atoms with van der Waals surface area (Å²) < 4.78 is 5.12.